The van der Waals surface area contributed by atoms with E-state index in [0.29, 0.717) is 5.92 Å². The first-order chi connectivity index (χ1) is 5.65. The molecule has 3 heteroatoms. The van der Waals surface area contributed by atoms with E-state index in [9.17, 15) is 0 Å². The third-order valence-corrected chi connectivity index (χ3v) is 2.34. The van der Waals surface area contributed by atoms with Crippen LogP contribution < -0.4 is 0 Å². The van der Waals surface area contributed by atoms with E-state index in [1.807, 2.05) is 4.68 Å². The highest BCUT2D eigenvalue weighted by Crippen LogP contribution is 2.16. The maximum Gasteiger partial charge on any atom is 0.128 e. The topological polar surface area (TPSA) is 17.8 Å². The first kappa shape index (κ1) is 9.78. The Morgan fingerprint density at radius 2 is 2.25 bits per heavy atom. The molecule has 0 unspecified atom stereocenters. The van der Waals surface area contributed by atoms with E-state index in [-0.39, 0.29) is 0 Å². The van der Waals surface area contributed by atoms with E-state index in [1.54, 1.807) is 0 Å². The van der Waals surface area contributed by atoms with Gasteiger partial charge in [0.15, 0.2) is 0 Å². The second-order valence-corrected chi connectivity index (χ2v) is 4.09. The predicted octanol–water partition coefficient (Wildman–Crippen LogP) is 2.66. The Morgan fingerprint density at radius 1 is 1.58 bits per heavy atom. The number of hydrogen-bond donors (Lipinski definition) is 0. The third kappa shape index (κ3) is 2.09. The van der Waals surface area contributed by atoms with Crippen molar-refractivity contribution < 1.29 is 0 Å². The summed E-state index contributed by atoms with van der Waals surface area (Å²) in [6, 6.07) is 0. The summed E-state index contributed by atoms with van der Waals surface area (Å²) in [6.45, 7) is 7.49. The lowest BCUT2D eigenvalue weighted by atomic mass is 10.2. The Morgan fingerprint density at radius 3 is 2.75 bits per heavy atom. The highest BCUT2D eigenvalue weighted by molar-refractivity contribution is 9.10. The molecule has 0 N–H and O–H groups in total. The van der Waals surface area contributed by atoms with Gasteiger partial charge >= 0.3 is 0 Å². The van der Waals surface area contributed by atoms with Crippen molar-refractivity contribution in [1.82, 2.24) is 9.78 Å². The minimum Gasteiger partial charge on any atom is -0.267 e. The van der Waals surface area contributed by atoms with Gasteiger partial charge < -0.3 is 0 Å². The van der Waals surface area contributed by atoms with Crippen molar-refractivity contribution in [2.24, 2.45) is 5.92 Å². The molecule has 0 spiro atoms. The Hall–Kier alpha value is -0.310. The maximum atomic E-state index is 4.17. The standard InChI is InChI=1S/C9H14BrN2/c1-4-9-8(10)5-11-12(9)6-7(2)3/h7H,4,6H2,1-3H3. The molecule has 0 aliphatic rings. The van der Waals surface area contributed by atoms with E-state index in [2.05, 4.69) is 48.0 Å². The molecule has 1 aromatic heterocycles. The van der Waals surface area contributed by atoms with Crippen molar-refractivity contribution in [2.45, 2.75) is 33.7 Å². The second kappa shape index (κ2) is 4.08. The molecule has 2 nitrogen and oxygen atoms in total. The number of aromatic nitrogens is 2. The van der Waals surface area contributed by atoms with E-state index in [1.165, 1.54) is 5.69 Å². The molecule has 0 amide bonds. The van der Waals surface area contributed by atoms with Crippen LogP contribution in [0.2, 0.25) is 0 Å². The van der Waals surface area contributed by atoms with Crippen LogP contribution in [0.5, 0.6) is 0 Å². The second-order valence-electron chi connectivity index (χ2n) is 3.30. The van der Waals surface area contributed by atoms with Crippen LogP contribution in [0.1, 0.15) is 26.5 Å². The van der Waals surface area contributed by atoms with Gasteiger partial charge in [-0.1, -0.05) is 20.8 Å². The molecular weight excluding hydrogens is 216 g/mol. The Balaban J connectivity index is 2.84. The van der Waals surface area contributed by atoms with Gasteiger partial charge in [-0.15, -0.1) is 0 Å². The molecule has 0 atom stereocenters. The summed E-state index contributed by atoms with van der Waals surface area (Å²) in [6.07, 6.45) is 3.93. The van der Waals surface area contributed by atoms with Gasteiger partial charge in [-0.3, -0.25) is 4.68 Å². The zero-order valence-electron chi connectivity index (χ0n) is 7.76. The molecule has 12 heavy (non-hydrogen) atoms. The smallest absolute Gasteiger partial charge is 0.128 e. The maximum absolute atomic E-state index is 4.17. The van der Waals surface area contributed by atoms with Crippen molar-refractivity contribution in [1.29, 1.82) is 0 Å². The highest BCUT2D eigenvalue weighted by Gasteiger charge is 2.07. The van der Waals surface area contributed by atoms with Gasteiger partial charge in [-0.25, -0.2) is 0 Å². The first-order valence-electron chi connectivity index (χ1n) is 4.28. The van der Waals surface area contributed by atoms with Crippen LogP contribution in [0.25, 0.3) is 0 Å². The SMILES string of the molecule is CCc1c(Br)[c]nn1CC(C)C. The van der Waals surface area contributed by atoms with E-state index < -0.39 is 0 Å². The summed E-state index contributed by atoms with van der Waals surface area (Å²) in [7, 11) is 0. The van der Waals surface area contributed by atoms with Crippen LogP contribution in [0.3, 0.4) is 0 Å². The summed E-state index contributed by atoms with van der Waals surface area (Å²) in [5.74, 6) is 0.635. The Kier molecular flexibility index (Phi) is 3.32. The summed E-state index contributed by atoms with van der Waals surface area (Å²) >= 11 is 3.43. The van der Waals surface area contributed by atoms with Crippen LogP contribution in [-0.4, -0.2) is 9.78 Å². The van der Waals surface area contributed by atoms with Gasteiger partial charge in [0.1, 0.15) is 6.20 Å². The molecule has 0 saturated carbocycles. The van der Waals surface area contributed by atoms with Crippen molar-refractivity contribution in [3.8, 4) is 0 Å². The molecule has 0 bridgehead atoms. The van der Waals surface area contributed by atoms with Crippen LogP contribution in [0.15, 0.2) is 4.47 Å². The highest BCUT2D eigenvalue weighted by atomic mass is 79.9. The zero-order chi connectivity index (χ0) is 9.14. The van der Waals surface area contributed by atoms with Crippen molar-refractivity contribution in [3.05, 3.63) is 16.4 Å². The molecular formula is C9H14BrN2. The molecule has 0 aromatic carbocycles. The summed E-state index contributed by atoms with van der Waals surface area (Å²) < 4.78 is 3.03. The molecule has 1 radical (unpaired) electrons. The number of hydrogen-bond acceptors (Lipinski definition) is 1. The van der Waals surface area contributed by atoms with Gasteiger partial charge in [0.25, 0.3) is 0 Å². The lowest BCUT2D eigenvalue weighted by molar-refractivity contribution is 0.469. The van der Waals surface area contributed by atoms with Gasteiger partial charge in [-0.05, 0) is 28.3 Å². The molecule has 1 aromatic rings. The van der Waals surface area contributed by atoms with E-state index >= 15 is 0 Å². The van der Waals surface area contributed by atoms with E-state index in [0.717, 1.165) is 17.4 Å². The van der Waals surface area contributed by atoms with Gasteiger partial charge in [0.2, 0.25) is 0 Å². The quantitative estimate of drug-likeness (QED) is 0.780. The lowest BCUT2D eigenvalue weighted by Gasteiger charge is -2.08. The van der Waals surface area contributed by atoms with Gasteiger partial charge in [-0.2, -0.15) is 5.10 Å². The molecule has 0 aliphatic heterocycles. The summed E-state index contributed by atoms with van der Waals surface area (Å²) in [5, 5.41) is 4.17. The van der Waals surface area contributed by atoms with Gasteiger partial charge in [0.05, 0.1) is 10.2 Å². The average Bonchev–Trinajstić information content (AvgIpc) is 2.30. The van der Waals surface area contributed by atoms with Crippen LogP contribution in [0.4, 0.5) is 0 Å². The van der Waals surface area contributed by atoms with Crippen LogP contribution >= 0.6 is 15.9 Å². The fourth-order valence-corrected chi connectivity index (χ4v) is 1.74. The fourth-order valence-electron chi connectivity index (χ4n) is 1.18. The van der Waals surface area contributed by atoms with Gasteiger partial charge in [0, 0.05) is 6.54 Å². The zero-order valence-corrected chi connectivity index (χ0v) is 9.35. The third-order valence-electron chi connectivity index (χ3n) is 1.71. The number of halogens is 1. The number of rotatable bonds is 3. The Bertz CT molecular complexity index is 253. The van der Waals surface area contributed by atoms with E-state index in [4.69, 9.17) is 0 Å². The monoisotopic (exact) mass is 229 g/mol. The summed E-state index contributed by atoms with van der Waals surface area (Å²) in [4.78, 5) is 0. The minimum atomic E-state index is 0.635. The average molecular weight is 230 g/mol. The van der Waals surface area contributed by atoms with Crippen LogP contribution in [0, 0.1) is 12.1 Å². The Labute approximate surface area is 82.1 Å². The number of nitrogens with zero attached hydrogens (tertiary/aromatic N) is 2. The normalized spacial score (nSPS) is 11.1. The fraction of sp³-hybridized carbons (Fsp3) is 0.667. The molecule has 1 rings (SSSR count). The largest absolute Gasteiger partial charge is 0.267 e. The minimum absolute atomic E-state index is 0.635. The van der Waals surface area contributed by atoms with Crippen molar-refractivity contribution >= 4 is 15.9 Å². The first-order valence-corrected chi connectivity index (χ1v) is 5.07. The van der Waals surface area contributed by atoms with Crippen molar-refractivity contribution in [3.63, 3.8) is 0 Å². The summed E-state index contributed by atoms with van der Waals surface area (Å²) in [5.41, 5.74) is 1.24. The molecule has 0 fully saturated rings. The predicted molar refractivity (Wildman–Crippen MR) is 53.0 cm³/mol. The molecule has 67 valence electrons. The van der Waals surface area contributed by atoms with Crippen LogP contribution in [-0.2, 0) is 13.0 Å². The molecule has 1 heterocycles. The van der Waals surface area contributed by atoms with Crippen molar-refractivity contribution in [2.75, 3.05) is 0 Å². The molecule has 0 saturated heterocycles. The molecule has 0 aliphatic carbocycles. The lowest BCUT2D eigenvalue weighted by Crippen LogP contribution is -2.09.